The average Bonchev–Trinajstić information content (AvgIpc) is 2.96. The van der Waals surface area contributed by atoms with Crippen molar-refractivity contribution in [2.45, 2.75) is 39.0 Å². The first kappa shape index (κ1) is 12.4. The zero-order valence-corrected chi connectivity index (χ0v) is 11.1. The number of fused-ring (bicyclic) bond motifs is 1. The Labute approximate surface area is 112 Å². The van der Waals surface area contributed by atoms with Gasteiger partial charge in [-0.05, 0) is 25.5 Å². The van der Waals surface area contributed by atoms with Crippen LogP contribution in [0.3, 0.4) is 0 Å². The van der Waals surface area contributed by atoms with E-state index in [0.717, 1.165) is 37.4 Å². The van der Waals surface area contributed by atoms with Crippen LogP contribution in [0.1, 0.15) is 23.5 Å². The zero-order valence-electron chi connectivity index (χ0n) is 11.1. The molecule has 6 heteroatoms. The number of aromatic nitrogens is 4. The molecule has 6 nitrogen and oxygen atoms in total. The summed E-state index contributed by atoms with van der Waals surface area (Å²) in [6.07, 6.45) is 2.75. The predicted octanol–water partition coefficient (Wildman–Crippen LogP) is 0.681. The van der Waals surface area contributed by atoms with Gasteiger partial charge in [-0.15, -0.1) is 0 Å². The molecule has 0 unspecified atom stereocenters. The topological polar surface area (TPSA) is 70.0 Å². The average molecular weight is 261 g/mol. The van der Waals surface area contributed by atoms with Crippen molar-refractivity contribution >= 4 is 0 Å². The maximum absolute atomic E-state index is 9.59. The standard InChI is InChI=1S/C13H19N5O/c1-10-6-11(16-15-10)7-17-8-12-2-4-14-18(12)5-3-13(17)9-19/h2,4,6,13,19H,3,5,7-9H2,1H3,(H,15,16)/t13-/m1/s1. The van der Waals surface area contributed by atoms with E-state index in [2.05, 4.69) is 26.3 Å². The van der Waals surface area contributed by atoms with E-state index in [0.29, 0.717) is 0 Å². The molecule has 0 saturated heterocycles. The minimum atomic E-state index is 0.165. The predicted molar refractivity (Wildman–Crippen MR) is 70.3 cm³/mol. The second kappa shape index (κ2) is 5.14. The largest absolute Gasteiger partial charge is 0.395 e. The number of hydrogen-bond acceptors (Lipinski definition) is 4. The monoisotopic (exact) mass is 261 g/mol. The number of aliphatic hydroxyl groups is 1. The third kappa shape index (κ3) is 2.54. The molecule has 1 atom stereocenters. The van der Waals surface area contributed by atoms with Crippen LogP contribution >= 0.6 is 0 Å². The summed E-state index contributed by atoms with van der Waals surface area (Å²) in [5.74, 6) is 0. The molecule has 0 amide bonds. The molecule has 3 heterocycles. The molecular weight excluding hydrogens is 242 g/mol. The van der Waals surface area contributed by atoms with Crippen molar-refractivity contribution in [2.24, 2.45) is 0 Å². The summed E-state index contributed by atoms with van der Waals surface area (Å²) in [7, 11) is 0. The Hall–Kier alpha value is -1.66. The molecule has 0 radical (unpaired) electrons. The van der Waals surface area contributed by atoms with E-state index in [4.69, 9.17) is 0 Å². The minimum Gasteiger partial charge on any atom is -0.395 e. The van der Waals surface area contributed by atoms with Crippen LogP contribution in [0, 0.1) is 6.92 Å². The summed E-state index contributed by atoms with van der Waals surface area (Å²) < 4.78 is 2.03. The smallest absolute Gasteiger partial charge is 0.0765 e. The SMILES string of the molecule is Cc1cc(CN2Cc3ccnn3CC[C@@H]2CO)n[nH]1. The second-order valence-corrected chi connectivity index (χ2v) is 5.12. The van der Waals surface area contributed by atoms with Crippen molar-refractivity contribution in [2.75, 3.05) is 6.61 Å². The van der Waals surface area contributed by atoms with Crippen molar-refractivity contribution in [1.29, 1.82) is 0 Å². The van der Waals surface area contributed by atoms with Crippen LogP contribution in [-0.4, -0.2) is 42.6 Å². The van der Waals surface area contributed by atoms with Crippen LogP contribution in [0.5, 0.6) is 0 Å². The Morgan fingerprint density at radius 1 is 1.53 bits per heavy atom. The van der Waals surface area contributed by atoms with Crippen molar-refractivity contribution in [3.05, 3.63) is 35.4 Å². The molecule has 0 aromatic carbocycles. The van der Waals surface area contributed by atoms with E-state index >= 15 is 0 Å². The lowest BCUT2D eigenvalue weighted by Crippen LogP contribution is -2.36. The molecule has 3 rings (SSSR count). The zero-order chi connectivity index (χ0) is 13.2. The fraction of sp³-hybridized carbons (Fsp3) is 0.538. The number of aliphatic hydroxyl groups excluding tert-OH is 1. The van der Waals surface area contributed by atoms with Crippen molar-refractivity contribution in [1.82, 2.24) is 24.9 Å². The summed E-state index contributed by atoms with van der Waals surface area (Å²) >= 11 is 0. The van der Waals surface area contributed by atoms with Crippen LogP contribution in [-0.2, 0) is 19.6 Å². The number of hydrogen-bond donors (Lipinski definition) is 2. The summed E-state index contributed by atoms with van der Waals surface area (Å²) in [5, 5.41) is 21.2. The number of H-pyrrole nitrogens is 1. The normalized spacial score (nSPS) is 20.2. The van der Waals surface area contributed by atoms with E-state index in [1.165, 1.54) is 5.69 Å². The number of aryl methyl sites for hydroxylation is 2. The van der Waals surface area contributed by atoms with Gasteiger partial charge in [0.25, 0.3) is 0 Å². The van der Waals surface area contributed by atoms with Gasteiger partial charge in [0.1, 0.15) is 0 Å². The molecule has 0 spiro atoms. The molecule has 0 aliphatic carbocycles. The lowest BCUT2D eigenvalue weighted by molar-refractivity contribution is 0.106. The first-order valence-corrected chi connectivity index (χ1v) is 6.63. The minimum absolute atomic E-state index is 0.165. The van der Waals surface area contributed by atoms with Gasteiger partial charge in [0, 0.05) is 37.6 Å². The van der Waals surface area contributed by atoms with Crippen molar-refractivity contribution in [3.63, 3.8) is 0 Å². The molecule has 2 N–H and O–H groups in total. The molecule has 0 bridgehead atoms. The maximum Gasteiger partial charge on any atom is 0.0765 e. The molecule has 0 saturated carbocycles. The van der Waals surface area contributed by atoms with E-state index in [1.54, 1.807) is 0 Å². The van der Waals surface area contributed by atoms with Gasteiger partial charge in [-0.3, -0.25) is 14.7 Å². The van der Waals surface area contributed by atoms with Crippen molar-refractivity contribution in [3.8, 4) is 0 Å². The Morgan fingerprint density at radius 2 is 2.42 bits per heavy atom. The van der Waals surface area contributed by atoms with Gasteiger partial charge < -0.3 is 5.11 Å². The fourth-order valence-electron chi connectivity index (χ4n) is 2.64. The van der Waals surface area contributed by atoms with Gasteiger partial charge in [-0.1, -0.05) is 0 Å². The van der Waals surface area contributed by atoms with E-state index in [9.17, 15) is 5.11 Å². The highest BCUT2D eigenvalue weighted by Crippen LogP contribution is 2.19. The van der Waals surface area contributed by atoms with Gasteiger partial charge >= 0.3 is 0 Å². The number of rotatable bonds is 3. The van der Waals surface area contributed by atoms with Gasteiger partial charge in [0.2, 0.25) is 0 Å². The molecule has 0 fully saturated rings. The molecule has 1 aliphatic heterocycles. The number of nitrogens with one attached hydrogen (secondary N) is 1. The quantitative estimate of drug-likeness (QED) is 0.852. The first-order valence-electron chi connectivity index (χ1n) is 6.63. The molecule has 1 aliphatic rings. The van der Waals surface area contributed by atoms with Crippen molar-refractivity contribution < 1.29 is 5.11 Å². The van der Waals surface area contributed by atoms with Crippen LogP contribution in [0.15, 0.2) is 18.3 Å². The molecule has 2 aromatic heterocycles. The molecule has 102 valence electrons. The van der Waals surface area contributed by atoms with Crippen LogP contribution < -0.4 is 0 Å². The summed E-state index contributed by atoms with van der Waals surface area (Å²) in [5.41, 5.74) is 3.28. The molecular formula is C13H19N5O. The highest BCUT2D eigenvalue weighted by atomic mass is 16.3. The molecule has 19 heavy (non-hydrogen) atoms. The molecule has 2 aromatic rings. The maximum atomic E-state index is 9.59. The highest BCUT2D eigenvalue weighted by Gasteiger charge is 2.24. The van der Waals surface area contributed by atoms with Crippen LogP contribution in [0.4, 0.5) is 0 Å². The van der Waals surface area contributed by atoms with Gasteiger partial charge in [0.05, 0.1) is 18.0 Å². The van der Waals surface area contributed by atoms with Crippen LogP contribution in [0.25, 0.3) is 0 Å². The third-order valence-electron chi connectivity index (χ3n) is 3.69. The summed E-state index contributed by atoms with van der Waals surface area (Å²) in [4.78, 5) is 2.27. The van der Waals surface area contributed by atoms with E-state index in [-0.39, 0.29) is 12.6 Å². The first-order chi connectivity index (χ1) is 9.26. The Balaban J connectivity index is 1.80. The fourth-order valence-corrected chi connectivity index (χ4v) is 2.64. The highest BCUT2D eigenvalue weighted by molar-refractivity contribution is 5.08. The lowest BCUT2D eigenvalue weighted by Gasteiger charge is -2.27. The second-order valence-electron chi connectivity index (χ2n) is 5.12. The third-order valence-corrected chi connectivity index (χ3v) is 3.69. The Kier molecular flexibility index (Phi) is 3.35. The lowest BCUT2D eigenvalue weighted by atomic mass is 10.2. The van der Waals surface area contributed by atoms with E-state index < -0.39 is 0 Å². The Morgan fingerprint density at radius 3 is 3.16 bits per heavy atom. The Bertz CT molecular complexity index is 547. The van der Waals surface area contributed by atoms with Gasteiger partial charge in [-0.2, -0.15) is 10.2 Å². The van der Waals surface area contributed by atoms with E-state index in [1.807, 2.05) is 23.9 Å². The van der Waals surface area contributed by atoms with Gasteiger partial charge in [0.15, 0.2) is 0 Å². The number of nitrogens with zero attached hydrogens (tertiary/aromatic N) is 4. The summed E-state index contributed by atoms with van der Waals surface area (Å²) in [6.45, 7) is 4.59. The van der Waals surface area contributed by atoms with Crippen LogP contribution in [0.2, 0.25) is 0 Å². The summed E-state index contributed by atoms with van der Waals surface area (Å²) in [6, 6.07) is 4.26. The number of aromatic amines is 1. The van der Waals surface area contributed by atoms with Gasteiger partial charge in [-0.25, -0.2) is 0 Å².